The van der Waals surface area contributed by atoms with Gasteiger partial charge in [0.2, 0.25) is 0 Å². The molecule has 0 aliphatic carbocycles. The van der Waals surface area contributed by atoms with Gasteiger partial charge in [-0.1, -0.05) is 30.3 Å². The molecule has 0 aliphatic rings. The van der Waals surface area contributed by atoms with Crippen molar-refractivity contribution in [1.29, 1.82) is 0 Å². The lowest BCUT2D eigenvalue weighted by Gasteiger charge is -2.14. The molecule has 0 fully saturated rings. The molecule has 0 unspecified atom stereocenters. The topological polar surface area (TPSA) is 39.7 Å². The molecule has 0 bridgehead atoms. The summed E-state index contributed by atoms with van der Waals surface area (Å²) >= 11 is 0. The van der Waals surface area contributed by atoms with Gasteiger partial charge in [-0.15, -0.1) is 12.4 Å². The van der Waals surface area contributed by atoms with E-state index in [1.54, 1.807) is 21.3 Å². The number of benzene rings is 2. The molecule has 4 nitrogen and oxygen atoms in total. The van der Waals surface area contributed by atoms with Gasteiger partial charge in [0.15, 0.2) is 11.5 Å². The molecule has 0 aliphatic heterocycles. The van der Waals surface area contributed by atoms with E-state index in [4.69, 9.17) is 14.2 Å². The summed E-state index contributed by atoms with van der Waals surface area (Å²) in [5, 5.41) is 3.41. The first-order valence-corrected chi connectivity index (χ1v) is 6.82. The maximum absolute atomic E-state index is 5.41. The van der Waals surface area contributed by atoms with Gasteiger partial charge in [-0.25, -0.2) is 0 Å². The highest BCUT2D eigenvalue weighted by Crippen LogP contribution is 2.34. The zero-order valence-electron chi connectivity index (χ0n) is 13.1. The maximum atomic E-state index is 5.41. The van der Waals surface area contributed by atoms with Gasteiger partial charge in [-0.3, -0.25) is 0 Å². The van der Waals surface area contributed by atoms with Crippen molar-refractivity contribution in [2.24, 2.45) is 0 Å². The predicted molar refractivity (Wildman–Crippen MR) is 90.3 cm³/mol. The van der Waals surface area contributed by atoms with Crippen LogP contribution in [0.15, 0.2) is 42.5 Å². The molecule has 0 radical (unpaired) electrons. The Hall–Kier alpha value is -1.91. The molecule has 2 rings (SSSR count). The van der Waals surface area contributed by atoms with Gasteiger partial charge in [0.1, 0.15) is 5.75 Å². The van der Waals surface area contributed by atoms with E-state index in [9.17, 15) is 0 Å². The molecular weight excluding hydrogens is 302 g/mol. The predicted octanol–water partition coefficient (Wildman–Crippen LogP) is 3.42. The van der Waals surface area contributed by atoms with Crippen molar-refractivity contribution >= 4 is 12.4 Å². The monoisotopic (exact) mass is 323 g/mol. The van der Waals surface area contributed by atoms with E-state index in [2.05, 4.69) is 17.4 Å². The van der Waals surface area contributed by atoms with Crippen molar-refractivity contribution in [1.82, 2.24) is 5.32 Å². The highest BCUT2D eigenvalue weighted by Gasteiger charge is 2.11. The molecule has 22 heavy (non-hydrogen) atoms. The minimum atomic E-state index is 0. The van der Waals surface area contributed by atoms with Crippen molar-refractivity contribution in [3.05, 3.63) is 53.6 Å². The van der Waals surface area contributed by atoms with Crippen LogP contribution in [0.3, 0.4) is 0 Å². The smallest absolute Gasteiger partial charge is 0.164 e. The number of nitrogens with one attached hydrogen (secondary N) is 1. The van der Waals surface area contributed by atoms with E-state index >= 15 is 0 Å². The van der Waals surface area contributed by atoms with Crippen LogP contribution in [0.25, 0.3) is 0 Å². The lowest BCUT2D eigenvalue weighted by molar-refractivity contribution is 0.347. The molecule has 120 valence electrons. The van der Waals surface area contributed by atoms with Crippen molar-refractivity contribution in [3.8, 4) is 17.2 Å². The Bertz CT molecular complexity index is 576. The number of methoxy groups -OCH3 is 3. The van der Waals surface area contributed by atoms with Crippen LogP contribution in [0.5, 0.6) is 17.2 Å². The lowest BCUT2D eigenvalue weighted by atomic mass is 10.1. The van der Waals surface area contributed by atoms with Crippen molar-refractivity contribution in [2.75, 3.05) is 21.3 Å². The number of ether oxygens (including phenoxy) is 3. The van der Waals surface area contributed by atoms with Crippen LogP contribution in [-0.2, 0) is 13.1 Å². The zero-order chi connectivity index (χ0) is 15.1. The van der Waals surface area contributed by atoms with Crippen molar-refractivity contribution in [3.63, 3.8) is 0 Å². The molecule has 0 heterocycles. The van der Waals surface area contributed by atoms with Gasteiger partial charge in [0.05, 0.1) is 21.3 Å². The first-order valence-electron chi connectivity index (χ1n) is 6.82. The summed E-state index contributed by atoms with van der Waals surface area (Å²) in [7, 11) is 4.90. The van der Waals surface area contributed by atoms with Gasteiger partial charge in [-0.05, 0) is 11.6 Å². The molecule has 1 N–H and O–H groups in total. The summed E-state index contributed by atoms with van der Waals surface area (Å²) in [6.07, 6.45) is 0. The molecule has 2 aromatic carbocycles. The fraction of sp³-hybridized carbons (Fsp3) is 0.294. The second-order valence-electron chi connectivity index (χ2n) is 4.61. The second kappa shape index (κ2) is 9.18. The van der Waals surface area contributed by atoms with E-state index < -0.39 is 0 Å². The Morgan fingerprint density at radius 2 is 1.36 bits per heavy atom. The molecule has 0 saturated heterocycles. The first kappa shape index (κ1) is 18.1. The van der Waals surface area contributed by atoms with Crippen molar-refractivity contribution in [2.45, 2.75) is 13.1 Å². The molecule has 0 saturated carbocycles. The minimum absolute atomic E-state index is 0. The van der Waals surface area contributed by atoms with E-state index in [-0.39, 0.29) is 12.4 Å². The Morgan fingerprint density at radius 1 is 0.773 bits per heavy atom. The van der Waals surface area contributed by atoms with Crippen LogP contribution in [0.4, 0.5) is 0 Å². The number of rotatable bonds is 7. The molecule has 5 heteroatoms. The van der Waals surface area contributed by atoms with Crippen LogP contribution in [0.1, 0.15) is 11.1 Å². The summed E-state index contributed by atoms with van der Waals surface area (Å²) in [4.78, 5) is 0. The van der Waals surface area contributed by atoms with E-state index in [1.165, 1.54) is 5.56 Å². The summed E-state index contributed by atoms with van der Waals surface area (Å²) in [5.41, 5.74) is 2.28. The summed E-state index contributed by atoms with van der Waals surface area (Å²) in [6.45, 7) is 1.50. The van der Waals surface area contributed by atoms with Crippen molar-refractivity contribution < 1.29 is 14.2 Å². The highest BCUT2D eigenvalue weighted by atomic mass is 35.5. The van der Waals surface area contributed by atoms with Gasteiger partial charge >= 0.3 is 0 Å². The number of hydrogen-bond acceptors (Lipinski definition) is 4. The first-order chi connectivity index (χ1) is 10.3. The van der Waals surface area contributed by atoms with Gasteiger partial charge in [0, 0.05) is 24.7 Å². The Kier molecular flexibility index (Phi) is 7.57. The average Bonchev–Trinajstić information content (AvgIpc) is 2.55. The standard InChI is InChI=1S/C17H21NO3.ClH/c1-19-15-10-17(21-3)16(20-2)9-14(15)12-18-11-13-7-5-4-6-8-13;/h4-10,18H,11-12H2,1-3H3;1H. The average molecular weight is 324 g/mol. The lowest BCUT2D eigenvalue weighted by Crippen LogP contribution is -2.13. The molecule has 2 aromatic rings. The van der Waals surface area contributed by atoms with Gasteiger partial charge < -0.3 is 19.5 Å². The fourth-order valence-corrected chi connectivity index (χ4v) is 2.17. The minimum Gasteiger partial charge on any atom is -0.496 e. The third kappa shape index (κ3) is 4.55. The molecule has 0 spiro atoms. The summed E-state index contributed by atoms with van der Waals surface area (Å²) < 4.78 is 16.0. The van der Waals surface area contributed by atoms with Crippen LogP contribution in [0, 0.1) is 0 Å². The Balaban J connectivity index is 0.00000242. The highest BCUT2D eigenvalue weighted by molar-refractivity contribution is 5.85. The maximum Gasteiger partial charge on any atom is 0.164 e. The Morgan fingerprint density at radius 3 is 1.95 bits per heavy atom. The van der Waals surface area contributed by atoms with Crippen LogP contribution < -0.4 is 19.5 Å². The SMILES string of the molecule is COc1cc(OC)c(OC)cc1CNCc1ccccc1.Cl. The zero-order valence-corrected chi connectivity index (χ0v) is 13.9. The summed E-state index contributed by atoms with van der Waals surface area (Å²) in [6, 6.07) is 14.1. The number of halogens is 1. The molecular formula is C17H22ClNO3. The van der Waals surface area contributed by atoms with E-state index in [0.29, 0.717) is 18.0 Å². The quantitative estimate of drug-likeness (QED) is 0.847. The number of hydrogen-bond donors (Lipinski definition) is 1. The third-order valence-electron chi connectivity index (χ3n) is 3.27. The van der Waals surface area contributed by atoms with E-state index in [1.807, 2.05) is 30.3 Å². The van der Waals surface area contributed by atoms with Gasteiger partial charge in [-0.2, -0.15) is 0 Å². The van der Waals surface area contributed by atoms with Crippen LogP contribution >= 0.6 is 12.4 Å². The third-order valence-corrected chi connectivity index (χ3v) is 3.27. The molecule has 0 atom stereocenters. The summed E-state index contributed by atoms with van der Waals surface area (Å²) in [5.74, 6) is 2.16. The molecule has 0 amide bonds. The molecule has 0 aromatic heterocycles. The Labute approximate surface area is 137 Å². The largest absolute Gasteiger partial charge is 0.496 e. The van der Waals surface area contributed by atoms with E-state index in [0.717, 1.165) is 17.9 Å². The fourth-order valence-electron chi connectivity index (χ4n) is 2.17. The van der Waals surface area contributed by atoms with Crippen LogP contribution in [0.2, 0.25) is 0 Å². The second-order valence-corrected chi connectivity index (χ2v) is 4.61. The van der Waals surface area contributed by atoms with Crippen LogP contribution in [-0.4, -0.2) is 21.3 Å². The normalized spacial score (nSPS) is 9.77. The van der Waals surface area contributed by atoms with Gasteiger partial charge in [0.25, 0.3) is 0 Å².